The van der Waals surface area contributed by atoms with Crippen molar-refractivity contribution in [3.8, 4) is 0 Å². The highest BCUT2D eigenvalue weighted by molar-refractivity contribution is 9.08. The molecule has 2 nitrogen and oxygen atoms in total. The Balaban J connectivity index is 2.18. The maximum Gasteiger partial charge on any atom is 0.262 e. The first kappa shape index (κ1) is 12.2. The molecule has 0 fully saturated rings. The van der Waals surface area contributed by atoms with Crippen molar-refractivity contribution < 1.29 is 4.79 Å². The predicted octanol–water partition coefficient (Wildman–Crippen LogP) is 4.22. The fourth-order valence-corrected chi connectivity index (χ4v) is 2.69. The molecule has 0 aliphatic rings. The summed E-state index contributed by atoms with van der Waals surface area (Å²) in [5.41, 5.74) is 2.77. The Morgan fingerprint density at radius 3 is 2.42 bits per heavy atom. The Kier molecular flexibility index (Phi) is 3.22. The molecule has 19 heavy (non-hydrogen) atoms. The van der Waals surface area contributed by atoms with Crippen LogP contribution in [-0.2, 0) is 5.33 Å². The quantitative estimate of drug-likeness (QED) is 0.649. The maximum absolute atomic E-state index is 12.5. The van der Waals surface area contributed by atoms with Crippen molar-refractivity contribution in [2.24, 2.45) is 0 Å². The molecule has 0 saturated carbocycles. The van der Waals surface area contributed by atoms with Gasteiger partial charge in [0.15, 0.2) is 0 Å². The molecule has 0 amide bonds. The lowest BCUT2D eigenvalue weighted by Gasteiger charge is -2.03. The van der Waals surface area contributed by atoms with Crippen molar-refractivity contribution in [2.45, 2.75) is 5.33 Å². The van der Waals surface area contributed by atoms with Crippen LogP contribution in [0.3, 0.4) is 0 Å². The third-order valence-corrected chi connectivity index (χ3v) is 3.78. The van der Waals surface area contributed by atoms with Crippen LogP contribution >= 0.6 is 15.9 Å². The van der Waals surface area contributed by atoms with E-state index in [0.29, 0.717) is 5.56 Å². The number of nitrogens with zero attached hydrogens (tertiary/aromatic N) is 1. The van der Waals surface area contributed by atoms with Crippen molar-refractivity contribution in [1.82, 2.24) is 4.57 Å². The number of hydrogen-bond acceptors (Lipinski definition) is 1. The van der Waals surface area contributed by atoms with Gasteiger partial charge in [-0.3, -0.25) is 9.36 Å². The van der Waals surface area contributed by atoms with Gasteiger partial charge in [-0.2, -0.15) is 0 Å². The highest BCUT2D eigenvalue weighted by Gasteiger charge is 2.13. The minimum Gasteiger partial charge on any atom is -0.283 e. The van der Waals surface area contributed by atoms with Crippen molar-refractivity contribution >= 4 is 32.7 Å². The first-order valence-electron chi connectivity index (χ1n) is 6.06. The third-order valence-electron chi connectivity index (χ3n) is 3.18. The molecule has 1 heterocycles. The van der Waals surface area contributed by atoms with Crippen LogP contribution in [0.25, 0.3) is 10.9 Å². The summed E-state index contributed by atoms with van der Waals surface area (Å²) in [4.78, 5) is 12.5. The second-order valence-corrected chi connectivity index (χ2v) is 4.91. The van der Waals surface area contributed by atoms with Crippen LogP contribution in [0.2, 0.25) is 0 Å². The van der Waals surface area contributed by atoms with Gasteiger partial charge in [0.1, 0.15) is 0 Å². The molecule has 0 saturated heterocycles. The second kappa shape index (κ2) is 5.02. The van der Waals surface area contributed by atoms with Gasteiger partial charge >= 0.3 is 0 Å². The van der Waals surface area contributed by atoms with Gasteiger partial charge in [0.25, 0.3) is 5.91 Å². The maximum atomic E-state index is 12.5. The summed E-state index contributed by atoms with van der Waals surface area (Å²) in [7, 11) is 0. The monoisotopic (exact) mass is 313 g/mol. The molecule has 0 N–H and O–H groups in total. The number of aromatic nitrogens is 1. The van der Waals surface area contributed by atoms with E-state index in [1.54, 1.807) is 4.57 Å². The van der Waals surface area contributed by atoms with Crippen LogP contribution in [0.5, 0.6) is 0 Å². The molecule has 0 aliphatic heterocycles. The van der Waals surface area contributed by atoms with Gasteiger partial charge in [-0.15, -0.1) is 0 Å². The number of carbonyl (C=O) groups is 1. The Morgan fingerprint density at radius 1 is 1.00 bits per heavy atom. The first-order chi connectivity index (χ1) is 9.31. The summed E-state index contributed by atoms with van der Waals surface area (Å²) in [6, 6.07) is 17.3. The predicted molar refractivity (Wildman–Crippen MR) is 80.7 cm³/mol. The SMILES string of the molecule is O=C(c1ccccc1)n1cc(CBr)c2ccccc21. The van der Waals surface area contributed by atoms with E-state index in [1.807, 2.05) is 60.8 Å². The number of alkyl halides is 1. The zero-order chi connectivity index (χ0) is 13.2. The molecule has 3 rings (SSSR count). The van der Waals surface area contributed by atoms with Gasteiger partial charge < -0.3 is 0 Å². The molecule has 3 heteroatoms. The lowest BCUT2D eigenvalue weighted by Crippen LogP contribution is -2.10. The van der Waals surface area contributed by atoms with Gasteiger partial charge in [-0.05, 0) is 23.8 Å². The van der Waals surface area contributed by atoms with Gasteiger partial charge in [-0.25, -0.2) is 0 Å². The number of halogens is 1. The van der Waals surface area contributed by atoms with E-state index in [9.17, 15) is 4.79 Å². The standard InChI is InChI=1S/C16H12BrNO/c17-10-13-11-18(15-9-5-4-8-14(13)15)16(19)12-6-2-1-3-7-12/h1-9,11H,10H2. The number of carbonyl (C=O) groups excluding carboxylic acids is 1. The largest absolute Gasteiger partial charge is 0.283 e. The number of rotatable bonds is 2. The molecule has 0 atom stereocenters. The minimum absolute atomic E-state index is 0.00370. The van der Waals surface area contributed by atoms with Crippen LogP contribution in [0, 0.1) is 0 Å². The van der Waals surface area contributed by atoms with Crippen molar-refractivity contribution in [3.05, 3.63) is 71.9 Å². The molecular weight excluding hydrogens is 302 g/mol. The van der Waals surface area contributed by atoms with E-state index >= 15 is 0 Å². The fourth-order valence-electron chi connectivity index (χ4n) is 2.24. The highest BCUT2D eigenvalue weighted by atomic mass is 79.9. The van der Waals surface area contributed by atoms with Crippen molar-refractivity contribution in [2.75, 3.05) is 0 Å². The smallest absolute Gasteiger partial charge is 0.262 e. The van der Waals surface area contributed by atoms with Gasteiger partial charge in [0.2, 0.25) is 0 Å². The highest BCUT2D eigenvalue weighted by Crippen LogP contribution is 2.24. The van der Waals surface area contributed by atoms with Crippen LogP contribution in [0.1, 0.15) is 15.9 Å². The summed E-state index contributed by atoms with van der Waals surface area (Å²) in [5, 5.41) is 1.85. The summed E-state index contributed by atoms with van der Waals surface area (Å²) < 4.78 is 1.72. The molecule has 0 spiro atoms. The number of benzene rings is 2. The Morgan fingerprint density at radius 2 is 1.68 bits per heavy atom. The summed E-state index contributed by atoms with van der Waals surface area (Å²) in [6.45, 7) is 0. The van der Waals surface area contributed by atoms with Crippen LogP contribution < -0.4 is 0 Å². The minimum atomic E-state index is 0.00370. The van der Waals surface area contributed by atoms with Gasteiger partial charge in [0.05, 0.1) is 5.52 Å². The normalized spacial score (nSPS) is 10.8. The van der Waals surface area contributed by atoms with Crippen molar-refractivity contribution in [3.63, 3.8) is 0 Å². The summed E-state index contributed by atoms with van der Waals surface area (Å²) in [5.74, 6) is 0.00370. The molecule has 3 aromatic rings. The van der Waals surface area contributed by atoms with Gasteiger partial charge in [-0.1, -0.05) is 52.3 Å². The van der Waals surface area contributed by atoms with E-state index in [4.69, 9.17) is 0 Å². The van der Waals surface area contributed by atoms with E-state index in [1.165, 1.54) is 0 Å². The van der Waals surface area contributed by atoms with E-state index < -0.39 is 0 Å². The molecule has 0 bridgehead atoms. The average molecular weight is 314 g/mol. The molecule has 0 aliphatic carbocycles. The zero-order valence-electron chi connectivity index (χ0n) is 10.2. The van der Waals surface area contributed by atoms with Gasteiger partial charge in [0, 0.05) is 22.5 Å². The number of fused-ring (bicyclic) bond motifs is 1. The topological polar surface area (TPSA) is 22.0 Å². The second-order valence-electron chi connectivity index (χ2n) is 4.35. The number of para-hydroxylation sites is 1. The van der Waals surface area contributed by atoms with Crippen molar-refractivity contribution in [1.29, 1.82) is 0 Å². The lowest BCUT2D eigenvalue weighted by molar-refractivity contribution is 0.0965. The number of hydrogen-bond donors (Lipinski definition) is 0. The van der Waals surface area contributed by atoms with Crippen LogP contribution in [-0.4, -0.2) is 10.5 Å². The molecule has 2 aromatic carbocycles. The summed E-state index contributed by atoms with van der Waals surface area (Å²) >= 11 is 3.47. The third kappa shape index (κ3) is 2.10. The summed E-state index contributed by atoms with van der Waals surface area (Å²) in [6.07, 6.45) is 1.91. The molecule has 0 radical (unpaired) electrons. The van der Waals surface area contributed by atoms with Crippen LogP contribution in [0.4, 0.5) is 0 Å². The van der Waals surface area contributed by atoms with E-state index in [2.05, 4.69) is 15.9 Å². The average Bonchev–Trinajstić information content (AvgIpc) is 2.86. The Bertz CT molecular complexity index is 731. The Labute approximate surface area is 119 Å². The molecule has 0 unspecified atom stereocenters. The molecule has 94 valence electrons. The molecule has 1 aromatic heterocycles. The lowest BCUT2D eigenvalue weighted by atomic mass is 10.2. The van der Waals surface area contributed by atoms with E-state index in [-0.39, 0.29) is 5.91 Å². The molecular formula is C16H12BrNO. The van der Waals surface area contributed by atoms with E-state index in [0.717, 1.165) is 21.8 Å². The van der Waals surface area contributed by atoms with Crippen LogP contribution in [0.15, 0.2) is 60.8 Å². The Hall–Kier alpha value is -1.87. The zero-order valence-corrected chi connectivity index (χ0v) is 11.8. The first-order valence-corrected chi connectivity index (χ1v) is 7.18. The fraction of sp³-hybridized carbons (Fsp3) is 0.0625.